The summed E-state index contributed by atoms with van der Waals surface area (Å²) in [5.74, 6) is -1.16. The van der Waals surface area contributed by atoms with E-state index < -0.39 is 12.1 Å². The Hall–Kier alpha value is -1.31. The normalized spacial score (nSPS) is 12.5. The number of carboxylic acid groups (broad SMARTS) is 1. The predicted molar refractivity (Wildman–Crippen MR) is 143 cm³/mol. The first kappa shape index (κ1) is 32.7. The van der Waals surface area contributed by atoms with E-state index in [2.05, 4.69) is 19.1 Å². The summed E-state index contributed by atoms with van der Waals surface area (Å²) in [5.41, 5.74) is 2.49. The number of carbonyl (C=O) groups excluding carboxylic acids is 1. The molecule has 2 aromatic carbocycles. The summed E-state index contributed by atoms with van der Waals surface area (Å²) in [5, 5.41) is 29.8. The van der Waals surface area contributed by atoms with Gasteiger partial charge in [-0.15, -0.1) is 11.8 Å². The van der Waals surface area contributed by atoms with Crippen molar-refractivity contribution in [3.63, 3.8) is 0 Å². The average molecular weight is 525 g/mol. The van der Waals surface area contributed by atoms with Crippen LogP contribution in [0.2, 0.25) is 0 Å². The maximum atomic E-state index is 11.6. The van der Waals surface area contributed by atoms with E-state index in [1.807, 2.05) is 12.1 Å². The summed E-state index contributed by atoms with van der Waals surface area (Å²) in [6.07, 6.45) is 9.98. The Morgan fingerprint density at radius 1 is 0.944 bits per heavy atom. The van der Waals surface area contributed by atoms with Crippen molar-refractivity contribution in [2.75, 3.05) is 0 Å². The quantitative estimate of drug-likeness (QED) is 0.122. The standard InChI is InChI=1S/C29H40O5S.Na.H/c1-3-4-5-6-7-8-9-11-22-14-16-23(17-15-22)29(26(31)12-10-13-28(33)34)35-24-18-19-25(21(2)30)27(32)20-24;;/h14-20,26,29,31-32H,3-13H2,1-2H3,(H,33,34);;/q;+1;-1. The van der Waals surface area contributed by atoms with Gasteiger partial charge in [0.05, 0.1) is 16.9 Å². The van der Waals surface area contributed by atoms with Crippen molar-refractivity contribution in [3.8, 4) is 5.75 Å². The Balaban J connectivity index is 0.00000648. The number of ketones is 1. The molecule has 0 spiro atoms. The number of thioether (sulfide) groups is 1. The van der Waals surface area contributed by atoms with Gasteiger partial charge in [-0.3, -0.25) is 9.59 Å². The van der Waals surface area contributed by atoms with E-state index >= 15 is 0 Å². The Morgan fingerprint density at radius 3 is 2.17 bits per heavy atom. The average Bonchev–Trinajstić information content (AvgIpc) is 2.82. The van der Waals surface area contributed by atoms with Crippen molar-refractivity contribution in [3.05, 3.63) is 59.2 Å². The first-order valence-corrected chi connectivity index (χ1v) is 13.7. The van der Waals surface area contributed by atoms with E-state index in [4.69, 9.17) is 5.11 Å². The molecule has 5 nitrogen and oxygen atoms in total. The van der Waals surface area contributed by atoms with Crippen molar-refractivity contribution in [2.45, 2.75) is 101 Å². The fourth-order valence-electron chi connectivity index (χ4n) is 4.17. The fourth-order valence-corrected chi connectivity index (χ4v) is 5.38. The smallest absolute Gasteiger partial charge is 1.00 e. The Labute approximate surface area is 243 Å². The molecule has 194 valence electrons. The number of aliphatic hydroxyl groups is 1. The van der Waals surface area contributed by atoms with Crippen LogP contribution < -0.4 is 29.6 Å². The molecule has 2 atom stereocenters. The maximum absolute atomic E-state index is 11.6. The van der Waals surface area contributed by atoms with Crippen LogP contribution in [0.4, 0.5) is 0 Å². The second kappa shape index (κ2) is 18.0. The van der Waals surface area contributed by atoms with Crippen LogP contribution in [0.15, 0.2) is 47.4 Å². The van der Waals surface area contributed by atoms with Crippen LogP contribution in [0.1, 0.15) is 106 Å². The Bertz CT molecular complexity index is 938. The zero-order valence-electron chi connectivity index (χ0n) is 23.0. The SMILES string of the molecule is CCCCCCCCCc1ccc(C(Sc2ccc(C(C)=O)c(O)c2)C(O)CCCC(=O)O)cc1.[H-].[Na+]. The number of hydrogen-bond acceptors (Lipinski definition) is 5. The van der Waals surface area contributed by atoms with Crippen molar-refractivity contribution in [1.29, 1.82) is 0 Å². The summed E-state index contributed by atoms with van der Waals surface area (Å²) in [4.78, 5) is 23.3. The largest absolute Gasteiger partial charge is 1.00 e. The van der Waals surface area contributed by atoms with Gasteiger partial charge in [0, 0.05) is 11.3 Å². The van der Waals surface area contributed by atoms with E-state index in [1.54, 1.807) is 18.2 Å². The van der Waals surface area contributed by atoms with Crippen molar-refractivity contribution in [2.24, 2.45) is 0 Å². The van der Waals surface area contributed by atoms with Gasteiger partial charge in [-0.1, -0.05) is 69.7 Å². The Kier molecular flexibility index (Phi) is 16.4. The molecule has 3 N–H and O–H groups in total. The second-order valence-corrected chi connectivity index (χ2v) is 10.5. The maximum Gasteiger partial charge on any atom is 1.00 e. The van der Waals surface area contributed by atoms with Gasteiger partial charge in [0.25, 0.3) is 0 Å². The summed E-state index contributed by atoms with van der Waals surface area (Å²) < 4.78 is 0. The molecule has 2 unspecified atom stereocenters. The summed E-state index contributed by atoms with van der Waals surface area (Å²) in [6, 6.07) is 13.2. The minimum absolute atomic E-state index is 0. The molecule has 2 rings (SSSR count). The van der Waals surface area contributed by atoms with Crippen molar-refractivity contribution < 1.29 is 55.9 Å². The second-order valence-electron chi connectivity index (χ2n) is 9.24. The van der Waals surface area contributed by atoms with Crippen LogP contribution in [0, 0.1) is 0 Å². The number of phenolic OH excluding ortho intramolecular Hbond substituents is 1. The van der Waals surface area contributed by atoms with Crippen LogP contribution in [0.5, 0.6) is 5.75 Å². The van der Waals surface area contributed by atoms with Gasteiger partial charge in [0.15, 0.2) is 5.78 Å². The van der Waals surface area contributed by atoms with Crippen molar-refractivity contribution >= 4 is 23.5 Å². The first-order valence-electron chi connectivity index (χ1n) is 12.8. The molecule has 36 heavy (non-hydrogen) atoms. The molecule has 0 aromatic heterocycles. The fraction of sp³-hybridized carbons (Fsp3) is 0.517. The molecule has 7 heteroatoms. The number of aliphatic hydroxyl groups excluding tert-OH is 1. The van der Waals surface area contributed by atoms with Crippen molar-refractivity contribution in [1.82, 2.24) is 0 Å². The number of hydrogen-bond donors (Lipinski definition) is 3. The van der Waals surface area contributed by atoms with Crippen LogP contribution in [-0.4, -0.2) is 33.2 Å². The van der Waals surface area contributed by atoms with Gasteiger partial charge in [-0.05, 0) is 61.9 Å². The molecule has 0 aliphatic rings. The monoisotopic (exact) mass is 524 g/mol. The molecule has 0 heterocycles. The van der Waals surface area contributed by atoms with E-state index in [9.17, 15) is 19.8 Å². The van der Waals surface area contributed by atoms with Crippen LogP contribution in [0.3, 0.4) is 0 Å². The number of aryl methyl sites for hydroxylation is 1. The molecule has 0 saturated heterocycles. The number of rotatable bonds is 17. The molecule has 0 amide bonds. The number of aromatic hydroxyl groups is 1. The number of aliphatic carboxylic acids is 1. The number of benzene rings is 2. The number of carbonyl (C=O) groups is 2. The summed E-state index contributed by atoms with van der Waals surface area (Å²) in [6.45, 7) is 3.64. The van der Waals surface area contributed by atoms with E-state index in [-0.39, 0.29) is 59.8 Å². The summed E-state index contributed by atoms with van der Waals surface area (Å²) in [7, 11) is 0. The third kappa shape index (κ3) is 11.8. The van der Waals surface area contributed by atoms with Crippen LogP contribution in [0.25, 0.3) is 0 Å². The van der Waals surface area contributed by atoms with Crippen LogP contribution >= 0.6 is 11.8 Å². The number of Topliss-reactive ketones (excluding diaryl/α,β-unsaturated/α-hetero) is 1. The summed E-state index contributed by atoms with van der Waals surface area (Å²) >= 11 is 1.41. The van der Waals surface area contributed by atoms with Gasteiger partial charge < -0.3 is 16.7 Å². The minimum atomic E-state index is -0.874. The third-order valence-corrected chi connectivity index (χ3v) is 7.60. The first-order chi connectivity index (χ1) is 16.8. The van der Waals surface area contributed by atoms with Gasteiger partial charge in [-0.25, -0.2) is 0 Å². The molecular weight excluding hydrogens is 483 g/mol. The van der Waals surface area contributed by atoms with Gasteiger partial charge in [0.2, 0.25) is 0 Å². The third-order valence-electron chi connectivity index (χ3n) is 6.23. The van der Waals surface area contributed by atoms with Gasteiger partial charge >= 0.3 is 35.5 Å². The molecule has 0 aliphatic heterocycles. The number of phenols is 1. The molecular formula is C29H41NaO5S. The number of carboxylic acids is 1. The zero-order valence-corrected chi connectivity index (χ0v) is 24.9. The topological polar surface area (TPSA) is 94.8 Å². The molecule has 0 aliphatic carbocycles. The van der Waals surface area contributed by atoms with Gasteiger partial charge in [0.1, 0.15) is 5.75 Å². The van der Waals surface area contributed by atoms with E-state index in [0.717, 1.165) is 16.9 Å². The molecule has 2 aromatic rings. The van der Waals surface area contributed by atoms with Gasteiger partial charge in [-0.2, -0.15) is 0 Å². The molecule has 0 saturated carbocycles. The number of unbranched alkanes of at least 4 members (excludes halogenated alkanes) is 6. The van der Waals surface area contributed by atoms with E-state index in [0.29, 0.717) is 12.8 Å². The molecule has 0 fully saturated rings. The van der Waals surface area contributed by atoms with E-state index in [1.165, 1.54) is 69.2 Å². The Morgan fingerprint density at radius 2 is 1.58 bits per heavy atom. The minimum Gasteiger partial charge on any atom is -1.00 e. The van der Waals surface area contributed by atoms with Crippen LogP contribution in [-0.2, 0) is 11.2 Å². The molecule has 0 radical (unpaired) electrons. The zero-order chi connectivity index (χ0) is 25.6. The predicted octanol–water partition coefficient (Wildman–Crippen LogP) is 4.45. The molecule has 0 bridgehead atoms.